The first kappa shape index (κ1) is 19.5. The summed E-state index contributed by atoms with van der Waals surface area (Å²) in [5, 5.41) is 3.21. The Morgan fingerprint density at radius 2 is 1.85 bits per heavy atom. The second-order valence-corrected chi connectivity index (χ2v) is 7.34. The van der Waals surface area contributed by atoms with E-state index >= 15 is 0 Å². The molecular weight excluding hydrogens is 483 g/mol. The van der Waals surface area contributed by atoms with Gasteiger partial charge in [0.05, 0.1) is 24.3 Å². The van der Waals surface area contributed by atoms with Crippen LogP contribution in [0.1, 0.15) is 11.1 Å². The molecule has 1 saturated heterocycles. The van der Waals surface area contributed by atoms with Crippen molar-refractivity contribution in [2.45, 2.75) is 6.54 Å². The minimum absolute atomic E-state index is 0.169. The molecule has 0 radical (unpaired) electrons. The quantitative estimate of drug-likeness (QED) is 0.384. The zero-order valence-corrected chi connectivity index (χ0v) is 17.5. The number of hydrogen-bond donors (Lipinski definition) is 1. The van der Waals surface area contributed by atoms with Gasteiger partial charge in [-0.1, -0.05) is 23.7 Å². The van der Waals surface area contributed by atoms with E-state index in [0.717, 1.165) is 14.0 Å². The van der Waals surface area contributed by atoms with Gasteiger partial charge in [-0.15, -0.1) is 0 Å². The Labute approximate surface area is 175 Å². The van der Waals surface area contributed by atoms with Gasteiger partial charge in [-0.05, 0) is 64.1 Å². The fourth-order valence-corrected chi connectivity index (χ4v) is 3.65. The number of benzene rings is 2. The number of halogens is 2. The van der Waals surface area contributed by atoms with E-state index in [-0.39, 0.29) is 18.1 Å². The lowest BCUT2D eigenvalue weighted by Gasteiger charge is -2.12. The molecule has 1 aliphatic rings. The largest absolute Gasteiger partial charge is 0.493 e. The molecule has 1 heterocycles. The van der Waals surface area contributed by atoms with Crippen molar-refractivity contribution in [1.82, 2.24) is 10.2 Å². The first-order valence-electron chi connectivity index (χ1n) is 7.93. The number of amides is 3. The van der Waals surface area contributed by atoms with Crippen molar-refractivity contribution in [1.29, 1.82) is 0 Å². The Balaban J connectivity index is 1.86. The summed E-state index contributed by atoms with van der Waals surface area (Å²) in [5.74, 6) is 0.775. The summed E-state index contributed by atoms with van der Waals surface area (Å²) in [6.07, 6.45) is 1.62. The molecule has 1 aliphatic heterocycles. The molecule has 1 fully saturated rings. The number of nitrogens with one attached hydrogen (secondary N) is 1. The van der Waals surface area contributed by atoms with Gasteiger partial charge in [0, 0.05) is 5.02 Å². The number of urea groups is 1. The Morgan fingerprint density at radius 3 is 2.48 bits per heavy atom. The van der Waals surface area contributed by atoms with Crippen LogP contribution in [0.4, 0.5) is 4.79 Å². The number of methoxy groups -OCH3 is 2. The van der Waals surface area contributed by atoms with Gasteiger partial charge in [-0.3, -0.25) is 9.69 Å². The lowest BCUT2D eigenvalue weighted by atomic mass is 10.1. The van der Waals surface area contributed by atoms with Gasteiger partial charge in [0.2, 0.25) is 0 Å². The molecule has 0 spiro atoms. The van der Waals surface area contributed by atoms with Gasteiger partial charge in [-0.2, -0.15) is 0 Å². The van der Waals surface area contributed by atoms with E-state index in [1.165, 1.54) is 0 Å². The van der Waals surface area contributed by atoms with Crippen LogP contribution in [0.3, 0.4) is 0 Å². The molecule has 3 rings (SSSR count). The minimum Gasteiger partial charge on any atom is -0.493 e. The smallest absolute Gasteiger partial charge is 0.329 e. The van der Waals surface area contributed by atoms with E-state index in [4.69, 9.17) is 21.1 Å². The number of hydrogen-bond acceptors (Lipinski definition) is 4. The van der Waals surface area contributed by atoms with E-state index in [9.17, 15) is 9.59 Å². The third-order valence-electron chi connectivity index (χ3n) is 3.98. The summed E-state index contributed by atoms with van der Waals surface area (Å²) in [6.45, 7) is 0.169. The number of ether oxygens (including phenoxy) is 2. The maximum Gasteiger partial charge on any atom is 0.329 e. The maximum atomic E-state index is 12.6. The SMILES string of the molecule is COc1cc(/C=C2/NC(=O)N(Cc3ccc(Cl)cc3)C2=O)cc(I)c1OC. The Kier molecular flexibility index (Phi) is 5.91. The number of carbonyl (C=O) groups excluding carboxylic acids is 2. The van der Waals surface area contributed by atoms with E-state index in [1.807, 2.05) is 6.07 Å². The molecule has 140 valence electrons. The van der Waals surface area contributed by atoms with Crippen molar-refractivity contribution in [2.75, 3.05) is 14.2 Å². The highest BCUT2D eigenvalue weighted by Crippen LogP contribution is 2.34. The zero-order valence-electron chi connectivity index (χ0n) is 14.6. The highest BCUT2D eigenvalue weighted by molar-refractivity contribution is 14.1. The molecule has 6 nitrogen and oxygen atoms in total. The summed E-state index contributed by atoms with van der Waals surface area (Å²) in [6, 6.07) is 10.1. The van der Waals surface area contributed by atoms with Crippen molar-refractivity contribution in [2.24, 2.45) is 0 Å². The number of imide groups is 1. The molecule has 0 atom stereocenters. The van der Waals surface area contributed by atoms with Gasteiger partial charge in [0.25, 0.3) is 5.91 Å². The van der Waals surface area contributed by atoms with Crippen molar-refractivity contribution >= 4 is 52.2 Å². The molecule has 2 aromatic rings. The summed E-state index contributed by atoms with van der Waals surface area (Å²) in [5.41, 5.74) is 1.73. The molecule has 8 heteroatoms. The Hall–Kier alpha value is -2.26. The number of carbonyl (C=O) groups is 2. The van der Waals surface area contributed by atoms with Crippen LogP contribution in [-0.2, 0) is 11.3 Å². The predicted octanol–water partition coefficient (Wildman–Crippen LogP) is 4.05. The molecule has 0 bridgehead atoms. The molecule has 0 saturated carbocycles. The lowest BCUT2D eigenvalue weighted by molar-refractivity contribution is -0.123. The molecular formula is C19H16ClIN2O4. The molecule has 0 aromatic heterocycles. The fourth-order valence-electron chi connectivity index (χ4n) is 2.68. The monoisotopic (exact) mass is 498 g/mol. The lowest BCUT2D eigenvalue weighted by Crippen LogP contribution is -2.30. The summed E-state index contributed by atoms with van der Waals surface area (Å²) in [4.78, 5) is 26.0. The van der Waals surface area contributed by atoms with Crippen molar-refractivity contribution in [3.63, 3.8) is 0 Å². The third-order valence-corrected chi connectivity index (χ3v) is 5.04. The second kappa shape index (κ2) is 8.18. The highest BCUT2D eigenvalue weighted by Gasteiger charge is 2.33. The standard InChI is InChI=1S/C19H16ClIN2O4/c1-26-16-9-12(7-14(21)17(16)27-2)8-15-18(24)23(19(25)22-15)10-11-3-5-13(20)6-4-11/h3-9H,10H2,1-2H3,(H,22,25)/b15-8+. The number of nitrogens with zero attached hydrogens (tertiary/aromatic N) is 1. The van der Waals surface area contributed by atoms with Crippen molar-refractivity contribution < 1.29 is 19.1 Å². The van der Waals surface area contributed by atoms with Crippen LogP contribution < -0.4 is 14.8 Å². The van der Waals surface area contributed by atoms with Crippen LogP contribution in [0.2, 0.25) is 5.02 Å². The van der Waals surface area contributed by atoms with Crippen LogP contribution >= 0.6 is 34.2 Å². The van der Waals surface area contributed by atoms with E-state index in [1.54, 1.807) is 50.6 Å². The minimum atomic E-state index is -0.462. The molecule has 2 aromatic carbocycles. The average Bonchev–Trinajstić information content (AvgIpc) is 2.90. The van der Waals surface area contributed by atoms with Crippen molar-refractivity contribution in [3.8, 4) is 11.5 Å². The van der Waals surface area contributed by atoms with Crippen LogP contribution in [0, 0.1) is 3.57 Å². The first-order valence-corrected chi connectivity index (χ1v) is 9.39. The van der Waals surface area contributed by atoms with Crippen LogP contribution in [0.15, 0.2) is 42.1 Å². The van der Waals surface area contributed by atoms with Crippen LogP contribution in [0.25, 0.3) is 6.08 Å². The molecule has 0 aliphatic carbocycles. The first-order chi connectivity index (χ1) is 12.9. The highest BCUT2D eigenvalue weighted by atomic mass is 127. The van der Waals surface area contributed by atoms with Crippen molar-refractivity contribution in [3.05, 3.63) is 61.8 Å². The third kappa shape index (κ3) is 4.19. The fraction of sp³-hybridized carbons (Fsp3) is 0.158. The van der Waals surface area contributed by atoms with E-state index in [0.29, 0.717) is 22.1 Å². The van der Waals surface area contributed by atoms with Gasteiger partial charge >= 0.3 is 6.03 Å². The number of rotatable bonds is 5. The Morgan fingerprint density at radius 1 is 1.15 bits per heavy atom. The average molecular weight is 499 g/mol. The van der Waals surface area contributed by atoms with E-state index in [2.05, 4.69) is 27.9 Å². The topological polar surface area (TPSA) is 67.9 Å². The van der Waals surface area contributed by atoms with Gasteiger partial charge in [-0.25, -0.2) is 4.79 Å². The van der Waals surface area contributed by atoms with Gasteiger partial charge in [0.1, 0.15) is 5.70 Å². The van der Waals surface area contributed by atoms with Gasteiger partial charge < -0.3 is 14.8 Å². The summed E-state index contributed by atoms with van der Waals surface area (Å²) >= 11 is 7.99. The molecule has 1 N–H and O–H groups in total. The summed E-state index contributed by atoms with van der Waals surface area (Å²) < 4.78 is 11.5. The van der Waals surface area contributed by atoms with Crippen LogP contribution in [-0.4, -0.2) is 31.1 Å². The molecule has 0 unspecified atom stereocenters. The molecule has 3 amide bonds. The predicted molar refractivity (Wildman–Crippen MR) is 111 cm³/mol. The normalized spacial score (nSPS) is 15.3. The summed E-state index contributed by atoms with van der Waals surface area (Å²) in [7, 11) is 3.11. The van der Waals surface area contributed by atoms with Crippen LogP contribution in [0.5, 0.6) is 11.5 Å². The maximum absolute atomic E-state index is 12.6. The van der Waals surface area contributed by atoms with Gasteiger partial charge in [0.15, 0.2) is 11.5 Å². The molecule has 27 heavy (non-hydrogen) atoms. The second-order valence-electron chi connectivity index (χ2n) is 5.74. The van der Waals surface area contributed by atoms with E-state index < -0.39 is 6.03 Å². The zero-order chi connectivity index (χ0) is 19.6. The Bertz CT molecular complexity index is 928.